The third-order valence-corrected chi connectivity index (χ3v) is 4.40. The number of rotatable bonds is 4. The van der Waals surface area contributed by atoms with E-state index >= 15 is 0 Å². The molecule has 2 N–H and O–H groups in total. The molecule has 0 aliphatic heterocycles. The molecule has 0 bridgehead atoms. The van der Waals surface area contributed by atoms with Gasteiger partial charge >= 0.3 is 0 Å². The number of ether oxygens (including phenoxy) is 2. The van der Waals surface area contributed by atoms with Gasteiger partial charge in [-0.05, 0) is 28.9 Å². The molecule has 0 radical (unpaired) electrons. The maximum atomic E-state index is 5.68. The average Bonchev–Trinajstić information content (AvgIpc) is 2.59. The summed E-state index contributed by atoms with van der Waals surface area (Å²) in [6, 6.07) is 1.99. The molecule has 1 aromatic heterocycles. The van der Waals surface area contributed by atoms with Crippen LogP contribution in [0.25, 0.3) is 0 Å². The van der Waals surface area contributed by atoms with E-state index in [4.69, 9.17) is 15.2 Å². The van der Waals surface area contributed by atoms with Crippen LogP contribution in [0.1, 0.15) is 11.8 Å². The van der Waals surface area contributed by atoms with E-state index in [-0.39, 0.29) is 0 Å². The summed E-state index contributed by atoms with van der Waals surface area (Å²) in [5.74, 6) is 0. The highest BCUT2D eigenvalue weighted by Gasteiger charge is 2.27. The Labute approximate surface area is 96.3 Å². The van der Waals surface area contributed by atoms with Crippen molar-refractivity contribution in [2.75, 3.05) is 20.8 Å². The van der Waals surface area contributed by atoms with E-state index in [0.717, 1.165) is 14.4 Å². The summed E-state index contributed by atoms with van der Waals surface area (Å²) >= 11 is 4.96. The van der Waals surface area contributed by atoms with Crippen molar-refractivity contribution in [3.63, 3.8) is 0 Å². The number of thiophene rings is 1. The lowest BCUT2D eigenvalue weighted by Gasteiger charge is -2.24. The van der Waals surface area contributed by atoms with E-state index in [1.807, 2.05) is 13.0 Å². The normalized spacial score (nSPS) is 15.2. The lowest BCUT2D eigenvalue weighted by atomic mass is 10.1. The maximum Gasteiger partial charge on any atom is 0.188 e. The molecule has 1 heterocycles. The molecule has 0 amide bonds. The molecule has 3 nitrogen and oxygen atoms in total. The van der Waals surface area contributed by atoms with E-state index in [1.165, 1.54) is 0 Å². The zero-order valence-corrected chi connectivity index (χ0v) is 10.9. The zero-order chi connectivity index (χ0) is 10.8. The molecule has 14 heavy (non-hydrogen) atoms. The first kappa shape index (κ1) is 12.0. The van der Waals surface area contributed by atoms with Crippen LogP contribution in [0.15, 0.2) is 10.5 Å². The fraction of sp³-hybridized carbons (Fsp3) is 0.556. The van der Waals surface area contributed by atoms with Crippen molar-refractivity contribution >= 4 is 27.3 Å². The third kappa shape index (κ3) is 2.11. The van der Waals surface area contributed by atoms with Crippen molar-refractivity contribution in [1.29, 1.82) is 0 Å². The van der Waals surface area contributed by atoms with Crippen LogP contribution in [0.3, 0.4) is 0 Å². The van der Waals surface area contributed by atoms with Gasteiger partial charge < -0.3 is 15.2 Å². The lowest BCUT2D eigenvalue weighted by molar-refractivity contribution is 0.0132. The van der Waals surface area contributed by atoms with Crippen LogP contribution in [-0.2, 0) is 10.3 Å². The Morgan fingerprint density at radius 3 is 2.57 bits per heavy atom. The molecule has 1 aromatic rings. The highest BCUT2D eigenvalue weighted by Crippen LogP contribution is 2.40. The van der Waals surface area contributed by atoms with Gasteiger partial charge in [0, 0.05) is 18.5 Å². The van der Waals surface area contributed by atoms with Gasteiger partial charge in [0.2, 0.25) is 0 Å². The van der Waals surface area contributed by atoms with Gasteiger partial charge in [-0.15, -0.1) is 0 Å². The van der Waals surface area contributed by atoms with Crippen LogP contribution in [0.4, 0.5) is 0 Å². The first-order valence-electron chi connectivity index (χ1n) is 4.16. The second-order valence-electron chi connectivity index (χ2n) is 3.09. The largest absolute Gasteiger partial charge is 0.486 e. The summed E-state index contributed by atoms with van der Waals surface area (Å²) in [7, 11) is 3.31. The SMILES string of the molecule is COc1sc(C(C)(CN)OC)cc1Br. The quantitative estimate of drug-likeness (QED) is 0.920. The summed E-state index contributed by atoms with van der Waals surface area (Å²) in [5, 5.41) is 0.844. The lowest BCUT2D eigenvalue weighted by Crippen LogP contribution is -2.32. The van der Waals surface area contributed by atoms with E-state index < -0.39 is 5.60 Å². The molecule has 1 atom stereocenters. The van der Waals surface area contributed by atoms with E-state index in [0.29, 0.717) is 6.54 Å². The number of methoxy groups -OCH3 is 2. The van der Waals surface area contributed by atoms with Gasteiger partial charge in [-0.25, -0.2) is 0 Å². The van der Waals surface area contributed by atoms with Gasteiger partial charge in [-0.1, -0.05) is 11.3 Å². The molecule has 5 heteroatoms. The highest BCUT2D eigenvalue weighted by atomic mass is 79.9. The van der Waals surface area contributed by atoms with Gasteiger partial charge in [0.15, 0.2) is 5.06 Å². The first-order valence-corrected chi connectivity index (χ1v) is 5.77. The number of hydrogen-bond acceptors (Lipinski definition) is 4. The van der Waals surface area contributed by atoms with Crippen molar-refractivity contribution in [3.05, 3.63) is 15.4 Å². The molecule has 0 saturated carbocycles. The molecule has 0 aliphatic rings. The first-order chi connectivity index (χ1) is 6.57. The molecule has 0 aromatic carbocycles. The molecule has 0 saturated heterocycles. The Balaban J connectivity index is 3.06. The summed E-state index contributed by atoms with van der Waals surface area (Å²) in [5.41, 5.74) is 5.25. The Morgan fingerprint density at radius 2 is 2.21 bits per heavy atom. The predicted octanol–water partition coefficient (Wildman–Crippen LogP) is 2.34. The minimum absolute atomic E-state index is 0.427. The molecule has 1 rings (SSSR count). The van der Waals surface area contributed by atoms with E-state index in [9.17, 15) is 0 Å². The zero-order valence-electron chi connectivity index (χ0n) is 8.46. The van der Waals surface area contributed by atoms with Gasteiger partial charge in [-0.2, -0.15) is 0 Å². The average molecular weight is 280 g/mol. The fourth-order valence-electron chi connectivity index (χ4n) is 1.04. The minimum Gasteiger partial charge on any atom is -0.486 e. The standard InChI is InChI=1S/C9H14BrNO2S/c1-9(5-11,13-3)7-4-6(10)8(12-2)14-7/h4H,5,11H2,1-3H3. The van der Waals surface area contributed by atoms with Gasteiger partial charge in [-0.3, -0.25) is 0 Å². The van der Waals surface area contributed by atoms with Gasteiger partial charge in [0.1, 0.15) is 5.60 Å². The van der Waals surface area contributed by atoms with E-state index in [1.54, 1.807) is 25.6 Å². The number of halogens is 1. The molecule has 1 unspecified atom stereocenters. The Hall–Kier alpha value is -0.100. The summed E-state index contributed by atoms with van der Waals surface area (Å²) in [4.78, 5) is 1.06. The Bertz CT molecular complexity index is 310. The summed E-state index contributed by atoms with van der Waals surface area (Å²) in [6.45, 7) is 2.41. The maximum absolute atomic E-state index is 5.68. The monoisotopic (exact) mass is 279 g/mol. The molecule has 80 valence electrons. The topological polar surface area (TPSA) is 44.5 Å². The molecule has 0 fully saturated rings. The summed E-state index contributed by atoms with van der Waals surface area (Å²) < 4.78 is 11.5. The van der Waals surface area contributed by atoms with Crippen LogP contribution in [-0.4, -0.2) is 20.8 Å². The number of nitrogens with two attached hydrogens (primary N) is 1. The molecular weight excluding hydrogens is 266 g/mol. The van der Waals surface area contributed by atoms with Gasteiger partial charge in [0.05, 0.1) is 11.6 Å². The number of hydrogen-bond donors (Lipinski definition) is 1. The second-order valence-corrected chi connectivity index (χ2v) is 4.96. The van der Waals surface area contributed by atoms with Crippen molar-refractivity contribution < 1.29 is 9.47 Å². The highest BCUT2D eigenvalue weighted by molar-refractivity contribution is 9.10. The molecule has 0 spiro atoms. The molecular formula is C9H14BrNO2S. The van der Waals surface area contributed by atoms with Crippen molar-refractivity contribution in [1.82, 2.24) is 0 Å². The summed E-state index contributed by atoms with van der Waals surface area (Å²) in [6.07, 6.45) is 0. The van der Waals surface area contributed by atoms with E-state index in [2.05, 4.69) is 15.9 Å². The Morgan fingerprint density at radius 1 is 1.57 bits per heavy atom. The van der Waals surface area contributed by atoms with Crippen LogP contribution >= 0.6 is 27.3 Å². The van der Waals surface area contributed by atoms with Crippen molar-refractivity contribution in [2.45, 2.75) is 12.5 Å². The predicted molar refractivity (Wildman–Crippen MR) is 62.0 cm³/mol. The van der Waals surface area contributed by atoms with Crippen molar-refractivity contribution in [3.8, 4) is 5.06 Å². The van der Waals surface area contributed by atoms with Crippen LogP contribution in [0, 0.1) is 0 Å². The third-order valence-electron chi connectivity index (χ3n) is 2.20. The fourth-order valence-corrected chi connectivity index (χ4v) is 2.82. The Kier molecular flexibility index (Phi) is 3.94. The minimum atomic E-state index is -0.427. The second kappa shape index (κ2) is 4.61. The van der Waals surface area contributed by atoms with Crippen molar-refractivity contribution in [2.24, 2.45) is 5.73 Å². The molecule has 0 aliphatic carbocycles. The van der Waals surface area contributed by atoms with Crippen LogP contribution in [0.5, 0.6) is 5.06 Å². The smallest absolute Gasteiger partial charge is 0.188 e. The van der Waals surface area contributed by atoms with Crippen LogP contribution in [0.2, 0.25) is 0 Å². The van der Waals surface area contributed by atoms with Gasteiger partial charge in [0.25, 0.3) is 0 Å². The van der Waals surface area contributed by atoms with Crippen LogP contribution < -0.4 is 10.5 Å².